The smallest absolute Gasteiger partial charge is 0.244 e. The predicted molar refractivity (Wildman–Crippen MR) is 63.8 cm³/mol. The van der Waals surface area contributed by atoms with E-state index in [4.69, 9.17) is 0 Å². The van der Waals surface area contributed by atoms with Gasteiger partial charge in [-0.05, 0) is 42.9 Å². The van der Waals surface area contributed by atoms with E-state index in [0.717, 1.165) is 9.47 Å². The molecule has 0 aliphatic rings. The SMILES string of the molecule is CNC(C)(C)C(=O)Nc1cc(Br)cs1. The highest BCUT2D eigenvalue weighted by Gasteiger charge is 2.25. The molecule has 0 fully saturated rings. The summed E-state index contributed by atoms with van der Waals surface area (Å²) in [5, 5.41) is 8.57. The van der Waals surface area contributed by atoms with Gasteiger partial charge in [-0.15, -0.1) is 11.3 Å². The van der Waals surface area contributed by atoms with Crippen LogP contribution in [-0.4, -0.2) is 18.5 Å². The molecular weight excluding hydrogens is 264 g/mol. The third-order valence-corrected chi connectivity index (χ3v) is 3.60. The maximum Gasteiger partial charge on any atom is 0.244 e. The molecule has 1 rings (SSSR count). The summed E-state index contributed by atoms with van der Waals surface area (Å²) in [5.74, 6) is -0.0330. The Morgan fingerprint density at radius 2 is 2.21 bits per heavy atom. The van der Waals surface area contributed by atoms with E-state index in [0.29, 0.717) is 0 Å². The van der Waals surface area contributed by atoms with Crippen molar-refractivity contribution in [1.82, 2.24) is 5.32 Å². The van der Waals surface area contributed by atoms with Gasteiger partial charge in [0.1, 0.15) is 0 Å². The first-order valence-electron chi connectivity index (χ1n) is 4.20. The second kappa shape index (κ2) is 4.42. The molecule has 78 valence electrons. The largest absolute Gasteiger partial charge is 0.316 e. The number of hydrogen-bond acceptors (Lipinski definition) is 3. The molecule has 14 heavy (non-hydrogen) atoms. The minimum absolute atomic E-state index is 0.0330. The minimum atomic E-state index is -0.545. The van der Waals surface area contributed by atoms with Gasteiger partial charge in [-0.3, -0.25) is 4.79 Å². The lowest BCUT2D eigenvalue weighted by Crippen LogP contribution is -2.47. The molecule has 1 amide bonds. The van der Waals surface area contributed by atoms with Crippen LogP contribution in [0.25, 0.3) is 0 Å². The number of anilines is 1. The molecule has 1 heterocycles. The maximum absolute atomic E-state index is 11.7. The summed E-state index contributed by atoms with van der Waals surface area (Å²) < 4.78 is 0.986. The summed E-state index contributed by atoms with van der Waals surface area (Å²) in [4.78, 5) is 11.7. The number of halogens is 1. The molecule has 0 aromatic carbocycles. The number of nitrogens with one attached hydrogen (secondary N) is 2. The molecule has 3 nitrogen and oxygen atoms in total. The Hall–Kier alpha value is -0.390. The van der Waals surface area contributed by atoms with E-state index in [1.165, 1.54) is 11.3 Å². The number of amides is 1. The molecule has 5 heteroatoms. The van der Waals surface area contributed by atoms with Gasteiger partial charge in [-0.1, -0.05) is 0 Å². The third-order valence-electron chi connectivity index (χ3n) is 2.00. The molecule has 0 bridgehead atoms. The standard InChI is InChI=1S/C9H13BrN2OS/c1-9(2,11-3)8(13)12-7-4-6(10)5-14-7/h4-5,11H,1-3H3,(H,12,13). The summed E-state index contributed by atoms with van der Waals surface area (Å²) in [5.41, 5.74) is -0.545. The number of carbonyl (C=O) groups is 1. The summed E-state index contributed by atoms with van der Waals surface area (Å²) >= 11 is 4.83. The van der Waals surface area contributed by atoms with Crippen LogP contribution in [0.15, 0.2) is 15.9 Å². The van der Waals surface area contributed by atoms with E-state index in [1.54, 1.807) is 7.05 Å². The molecule has 0 spiro atoms. The van der Waals surface area contributed by atoms with Crippen molar-refractivity contribution in [2.24, 2.45) is 0 Å². The predicted octanol–water partition coefficient (Wildman–Crippen LogP) is 2.45. The molecular formula is C9H13BrN2OS. The Morgan fingerprint density at radius 1 is 1.57 bits per heavy atom. The molecule has 0 atom stereocenters. The average molecular weight is 277 g/mol. The van der Waals surface area contributed by atoms with Crippen LogP contribution < -0.4 is 10.6 Å². The van der Waals surface area contributed by atoms with Crippen LogP contribution in [0.2, 0.25) is 0 Å². The number of thiophene rings is 1. The highest BCUT2D eigenvalue weighted by molar-refractivity contribution is 9.10. The summed E-state index contributed by atoms with van der Waals surface area (Å²) in [6.45, 7) is 3.68. The minimum Gasteiger partial charge on any atom is -0.316 e. The van der Waals surface area contributed by atoms with Gasteiger partial charge < -0.3 is 10.6 Å². The number of likely N-dealkylation sites (N-methyl/N-ethyl adjacent to an activating group) is 1. The number of carbonyl (C=O) groups excluding carboxylic acids is 1. The lowest BCUT2D eigenvalue weighted by Gasteiger charge is -2.22. The quantitative estimate of drug-likeness (QED) is 0.891. The lowest BCUT2D eigenvalue weighted by atomic mass is 10.1. The van der Waals surface area contributed by atoms with E-state index in [1.807, 2.05) is 25.3 Å². The van der Waals surface area contributed by atoms with Crippen LogP contribution in [0.3, 0.4) is 0 Å². The fourth-order valence-electron chi connectivity index (χ4n) is 0.760. The molecule has 0 saturated heterocycles. The van der Waals surface area contributed by atoms with E-state index in [-0.39, 0.29) is 5.91 Å². The van der Waals surface area contributed by atoms with E-state index < -0.39 is 5.54 Å². The van der Waals surface area contributed by atoms with Crippen LogP contribution >= 0.6 is 27.3 Å². The Balaban J connectivity index is 2.66. The lowest BCUT2D eigenvalue weighted by molar-refractivity contribution is -0.121. The molecule has 0 aliphatic heterocycles. The first-order chi connectivity index (χ1) is 6.45. The van der Waals surface area contributed by atoms with Crippen LogP contribution in [0.1, 0.15) is 13.8 Å². The van der Waals surface area contributed by atoms with Crippen molar-refractivity contribution < 1.29 is 4.79 Å². The van der Waals surface area contributed by atoms with Crippen molar-refractivity contribution in [3.8, 4) is 0 Å². The first-order valence-corrected chi connectivity index (χ1v) is 5.87. The van der Waals surface area contributed by atoms with E-state index in [9.17, 15) is 4.79 Å². The zero-order chi connectivity index (χ0) is 10.8. The van der Waals surface area contributed by atoms with Crippen molar-refractivity contribution in [3.63, 3.8) is 0 Å². The molecule has 0 aliphatic carbocycles. The highest BCUT2D eigenvalue weighted by Crippen LogP contribution is 2.25. The van der Waals surface area contributed by atoms with Gasteiger partial charge in [0, 0.05) is 9.85 Å². The zero-order valence-corrected chi connectivity index (χ0v) is 10.8. The van der Waals surface area contributed by atoms with Crippen LogP contribution in [0, 0.1) is 0 Å². The Labute approximate surface area is 96.0 Å². The molecule has 0 radical (unpaired) electrons. The second-order valence-electron chi connectivity index (χ2n) is 3.46. The topological polar surface area (TPSA) is 41.1 Å². The van der Waals surface area contributed by atoms with E-state index >= 15 is 0 Å². The molecule has 0 unspecified atom stereocenters. The fourth-order valence-corrected chi connectivity index (χ4v) is 2.08. The number of hydrogen-bond donors (Lipinski definition) is 2. The van der Waals surface area contributed by atoms with Gasteiger partial charge in [-0.2, -0.15) is 0 Å². The highest BCUT2D eigenvalue weighted by atomic mass is 79.9. The fraction of sp³-hybridized carbons (Fsp3) is 0.444. The Morgan fingerprint density at radius 3 is 2.64 bits per heavy atom. The van der Waals surface area contributed by atoms with Crippen LogP contribution in [0.4, 0.5) is 5.00 Å². The second-order valence-corrected chi connectivity index (χ2v) is 5.29. The summed E-state index contributed by atoms with van der Waals surface area (Å²) in [6.07, 6.45) is 0. The maximum atomic E-state index is 11.7. The normalized spacial score (nSPS) is 11.4. The summed E-state index contributed by atoms with van der Waals surface area (Å²) in [7, 11) is 1.77. The molecule has 1 aromatic heterocycles. The van der Waals surface area contributed by atoms with E-state index in [2.05, 4.69) is 26.6 Å². The molecule has 1 aromatic rings. The van der Waals surface area contributed by atoms with Gasteiger partial charge in [0.15, 0.2) is 0 Å². The Kier molecular flexibility index (Phi) is 3.69. The number of rotatable bonds is 3. The van der Waals surface area contributed by atoms with Crippen molar-refractivity contribution >= 4 is 38.2 Å². The van der Waals surface area contributed by atoms with Crippen LogP contribution in [0.5, 0.6) is 0 Å². The Bertz CT molecular complexity index is 335. The molecule has 0 saturated carbocycles. The summed E-state index contributed by atoms with van der Waals surface area (Å²) in [6, 6.07) is 1.88. The van der Waals surface area contributed by atoms with Crippen molar-refractivity contribution in [3.05, 3.63) is 15.9 Å². The monoisotopic (exact) mass is 276 g/mol. The van der Waals surface area contributed by atoms with Gasteiger partial charge in [-0.25, -0.2) is 0 Å². The van der Waals surface area contributed by atoms with Crippen molar-refractivity contribution in [2.75, 3.05) is 12.4 Å². The third kappa shape index (κ3) is 2.80. The van der Waals surface area contributed by atoms with Gasteiger partial charge in [0.05, 0.1) is 10.5 Å². The average Bonchev–Trinajstić information content (AvgIpc) is 2.51. The van der Waals surface area contributed by atoms with Gasteiger partial charge >= 0.3 is 0 Å². The molecule has 2 N–H and O–H groups in total. The van der Waals surface area contributed by atoms with Crippen molar-refractivity contribution in [2.45, 2.75) is 19.4 Å². The first kappa shape index (κ1) is 11.7. The van der Waals surface area contributed by atoms with Gasteiger partial charge in [0.2, 0.25) is 5.91 Å². The zero-order valence-electron chi connectivity index (χ0n) is 8.35. The van der Waals surface area contributed by atoms with Gasteiger partial charge in [0.25, 0.3) is 0 Å². The van der Waals surface area contributed by atoms with Crippen molar-refractivity contribution in [1.29, 1.82) is 0 Å². The van der Waals surface area contributed by atoms with Crippen LogP contribution in [-0.2, 0) is 4.79 Å².